The highest BCUT2D eigenvalue weighted by molar-refractivity contribution is 7.13. The molecule has 4 rings (SSSR count). The number of fused-ring (bicyclic) bond motifs is 1. The number of hydrogen-bond donors (Lipinski definition) is 2. The second kappa shape index (κ2) is 7.57. The molecule has 1 saturated carbocycles. The standard InChI is InChI=1S/C19H21N3O3S/c1-24-4-5-25-14-8-13(9-14)22-19(23)16-6-12(18-10-20-11-26-18)7-17-15(16)2-3-21-17/h2-3,6-7,10-11,13-14,21H,4-5,8-9H2,1H3,(H,22,23). The topological polar surface area (TPSA) is 76.2 Å². The number of methoxy groups -OCH3 is 1. The highest BCUT2D eigenvalue weighted by Crippen LogP contribution is 2.30. The lowest BCUT2D eigenvalue weighted by Gasteiger charge is -2.35. The van der Waals surface area contributed by atoms with Crippen molar-refractivity contribution in [2.75, 3.05) is 20.3 Å². The second-order valence-corrected chi connectivity index (χ2v) is 7.34. The number of carbonyl (C=O) groups is 1. The predicted octanol–water partition coefficient (Wildman–Crippen LogP) is 3.22. The van der Waals surface area contributed by atoms with Gasteiger partial charge in [0.2, 0.25) is 0 Å². The van der Waals surface area contributed by atoms with Gasteiger partial charge in [0.1, 0.15) is 0 Å². The van der Waals surface area contributed by atoms with Crippen molar-refractivity contribution in [2.24, 2.45) is 0 Å². The zero-order valence-electron chi connectivity index (χ0n) is 14.5. The van der Waals surface area contributed by atoms with Gasteiger partial charge in [-0.3, -0.25) is 9.78 Å². The van der Waals surface area contributed by atoms with Crippen molar-refractivity contribution in [1.29, 1.82) is 0 Å². The molecule has 1 amide bonds. The summed E-state index contributed by atoms with van der Waals surface area (Å²) < 4.78 is 10.7. The van der Waals surface area contributed by atoms with Gasteiger partial charge in [-0.05, 0) is 36.6 Å². The molecule has 2 N–H and O–H groups in total. The van der Waals surface area contributed by atoms with E-state index in [4.69, 9.17) is 9.47 Å². The monoisotopic (exact) mass is 371 g/mol. The maximum atomic E-state index is 12.9. The van der Waals surface area contributed by atoms with Crippen molar-refractivity contribution in [3.63, 3.8) is 0 Å². The molecule has 26 heavy (non-hydrogen) atoms. The molecule has 1 fully saturated rings. The summed E-state index contributed by atoms with van der Waals surface area (Å²) in [4.78, 5) is 21.2. The molecule has 1 aliphatic rings. The normalized spacial score (nSPS) is 19.4. The largest absolute Gasteiger partial charge is 0.382 e. The number of aromatic amines is 1. The van der Waals surface area contributed by atoms with Crippen molar-refractivity contribution in [1.82, 2.24) is 15.3 Å². The van der Waals surface area contributed by atoms with Crippen molar-refractivity contribution in [3.8, 4) is 10.4 Å². The fourth-order valence-corrected chi connectivity index (χ4v) is 3.85. The molecular formula is C19H21N3O3S. The molecule has 0 radical (unpaired) electrons. The van der Waals surface area contributed by atoms with Crippen LogP contribution >= 0.6 is 11.3 Å². The van der Waals surface area contributed by atoms with Gasteiger partial charge in [-0.1, -0.05) is 0 Å². The number of amides is 1. The number of hydrogen-bond acceptors (Lipinski definition) is 5. The van der Waals surface area contributed by atoms with Gasteiger partial charge in [-0.15, -0.1) is 11.3 Å². The van der Waals surface area contributed by atoms with Crippen molar-refractivity contribution >= 4 is 28.1 Å². The van der Waals surface area contributed by atoms with E-state index in [1.807, 2.05) is 24.5 Å². The number of H-pyrrole nitrogens is 1. The number of benzene rings is 1. The molecular weight excluding hydrogens is 350 g/mol. The first-order valence-corrected chi connectivity index (χ1v) is 9.54. The molecule has 2 aromatic heterocycles. The minimum Gasteiger partial charge on any atom is -0.382 e. The summed E-state index contributed by atoms with van der Waals surface area (Å²) in [7, 11) is 1.66. The average Bonchev–Trinajstić information content (AvgIpc) is 3.29. The number of rotatable bonds is 7. The average molecular weight is 371 g/mol. The Morgan fingerprint density at radius 3 is 3.04 bits per heavy atom. The van der Waals surface area contributed by atoms with Gasteiger partial charge in [0, 0.05) is 42.0 Å². The fourth-order valence-electron chi connectivity index (χ4n) is 3.24. The third kappa shape index (κ3) is 3.51. The summed E-state index contributed by atoms with van der Waals surface area (Å²) in [6, 6.07) is 6.11. The zero-order valence-corrected chi connectivity index (χ0v) is 15.3. The summed E-state index contributed by atoms with van der Waals surface area (Å²) in [5.74, 6) is -0.0405. The summed E-state index contributed by atoms with van der Waals surface area (Å²) in [5.41, 5.74) is 4.44. The fraction of sp³-hybridized carbons (Fsp3) is 0.368. The van der Waals surface area contributed by atoms with Gasteiger partial charge < -0.3 is 19.8 Å². The lowest BCUT2D eigenvalue weighted by Crippen LogP contribution is -2.48. The summed E-state index contributed by atoms with van der Waals surface area (Å²) in [6.07, 6.45) is 5.59. The summed E-state index contributed by atoms with van der Waals surface area (Å²) in [5, 5.41) is 4.06. The van der Waals surface area contributed by atoms with E-state index in [1.165, 1.54) is 0 Å². The van der Waals surface area contributed by atoms with Crippen LogP contribution in [0.5, 0.6) is 0 Å². The molecule has 0 spiro atoms. The van der Waals surface area contributed by atoms with Gasteiger partial charge in [0.25, 0.3) is 5.91 Å². The molecule has 136 valence electrons. The quantitative estimate of drug-likeness (QED) is 0.625. The number of ether oxygens (including phenoxy) is 2. The number of nitrogens with zero attached hydrogens (tertiary/aromatic N) is 1. The molecule has 6 nitrogen and oxygen atoms in total. The second-order valence-electron chi connectivity index (χ2n) is 6.46. The van der Waals surface area contributed by atoms with E-state index in [-0.39, 0.29) is 18.1 Å². The molecule has 0 atom stereocenters. The van der Waals surface area contributed by atoms with Crippen LogP contribution < -0.4 is 5.32 Å². The Hall–Kier alpha value is -2.22. The Balaban J connectivity index is 1.46. The molecule has 2 heterocycles. The van der Waals surface area contributed by atoms with E-state index in [9.17, 15) is 4.79 Å². The minimum atomic E-state index is -0.0405. The Morgan fingerprint density at radius 1 is 1.38 bits per heavy atom. The molecule has 1 aliphatic carbocycles. The SMILES string of the molecule is COCCOC1CC(NC(=O)c2cc(-c3cncs3)cc3[nH]ccc23)C1. The maximum absolute atomic E-state index is 12.9. The zero-order chi connectivity index (χ0) is 17.9. The van der Waals surface area contributed by atoms with Gasteiger partial charge in [-0.2, -0.15) is 0 Å². The number of aromatic nitrogens is 2. The van der Waals surface area contributed by atoms with E-state index < -0.39 is 0 Å². The van der Waals surface area contributed by atoms with Crippen LogP contribution in [-0.2, 0) is 9.47 Å². The first-order valence-electron chi connectivity index (χ1n) is 8.66. The highest BCUT2D eigenvalue weighted by atomic mass is 32.1. The Labute approximate surface area is 155 Å². The minimum absolute atomic E-state index is 0.0405. The molecule has 0 bridgehead atoms. The van der Waals surface area contributed by atoms with Crippen molar-refractivity contribution in [3.05, 3.63) is 41.7 Å². The molecule has 0 saturated heterocycles. The van der Waals surface area contributed by atoms with E-state index in [2.05, 4.69) is 21.4 Å². The Kier molecular flexibility index (Phi) is 5.01. The van der Waals surface area contributed by atoms with Gasteiger partial charge in [-0.25, -0.2) is 0 Å². The Bertz CT molecular complexity index is 885. The molecule has 1 aromatic carbocycles. The van der Waals surface area contributed by atoms with E-state index >= 15 is 0 Å². The van der Waals surface area contributed by atoms with Gasteiger partial charge in [0.05, 0.1) is 29.7 Å². The van der Waals surface area contributed by atoms with E-state index in [1.54, 1.807) is 24.0 Å². The third-order valence-corrected chi connectivity index (χ3v) is 5.52. The lowest BCUT2D eigenvalue weighted by atomic mass is 9.89. The number of thiazole rings is 1. The summed E-state index contributed by atoms with van der Waals surface area (Å²) in [6.45, 7) is 1.20. The molecule has 0 aliphatic heterocycles. The van der Waals surface area contributed by atoms with Crippen LogP contribution in [-0.4, -0.2) is 48.3 Å². The van der Waals surface area contributed by atoms with Crippen LogP contribution in [0.1, 0.15) is 23.2 Å². The number of nitrogens with one attached hydrogen (secondary N) is 2. The van der Waals surface area contributed by atoms with E-state index in [0.29, 0.717) is 18.8 Å². The van der Waals surface area contributed by atoms with Crippen molar-refractivity contribution < 1.29 is 14.3 Å². The van der Waals surface area contributed by atoms with Gasteiger partial charge >= 0.3 is 0 Å². The van der Waals surface area contributed by atoms with Crippen LogP contribution in [0, 0.1) is 0 Å². The Morgan fingerprint density at radius 2 is 2.27 bits per heavy atom. The van der Waals surface area contributed by atoms with Crippen LogP contribution in [0.3, 0.4) is 0 Å². The summed E-state index contributed by atoms with van der Waals surface area (Å²) >= 11 is 1.56. The molecule has 0 unspecified atom stereocenters. The third-order valence-electron chi connectivity index (χ3n) is 4.70. The molecule has 3 aromatic rings. The lowest BCUT2D eigenvalue weighted by molar-refractivity contribution is -0.0343. The van der Waals surface area contributed by atoms with Crippen LogP contribution in [0.15, 0.2) is 36.1 Å². The van der Waals surface area contributed by atoms with Gasteiger partial charge in [0.15, 0.2) is 0 Å². The van der Waals surface area contributed by atoms with Crippen LogP contribution in [0.25, 0.3) is 21.3 Å². The first kappa shape index (κ1) is 17.2. The number of carbonyl (C=O) groups excluding carboxylic acids is 1. The first-order chi connectivity index (χ1) is 12.7. The van der Waals surface area contributed by atoms with Crippen LogP contribution in [0.4, 0.5) is 0 Å². The van der Waals surface area contributed by atoms with Crippen molar-refractivity contribution in [2.45, 2.75) is 25.0 Å². The van der Waals surface area contributed by atoms with E-state index in [0.717, 1.165) is 34.2 Å². The maximum Gasteiger partial charge on any atom is 0.252 e. The van der Waals surface area contributed by atoms with Crippen LogP contribution in [0.2, 0.25) is 0 Å². The highest BCUT2D eigenvalue weighted by Gasteiger charge is 2.31. The predicted molar refractivity (Wildman–Crippen MR) is 102 cm³/mol. The molecule has 7 heteroatoms. The smallest absolute Gasteiger partial charge is 0.252 e.